The highest BCUT2D eigenvalue weighted by atomic mass is 32.1. The van der Waals surface area contributed by atoms with Gasteiger partial charge in [-0.2, -0.15) is 18.3 Å². The second-order valence-electron chi connectivity index (χ2n) is 6.69. The van der Waals surface area contributed by atoms with Crippen LogP contribution in [0.5, 0.6) is 0 Å². The smallest absolute Gasteiger partial charge is 0.296 e. The molecule has 1 N–H and O–H groups in total. The van der Waals surface area contributed by atoms with Crippen molar-refractivity contribution >= 4 is 22.4 Å². The number of pyridine rings is 1. The molecular weight excluding hydrogens is 443 g/mol. The molecule has 0 saturated heterocycles. The lowest BCUT2D eigenvalue weighted by Gasteiger charge is -2.13. The number of anilines is 1. The highest BCUT2D eigenvalue weighted by Crippen LogP contribution is 2.30. The molecule has 0 fully saturated rings. The summed E-state index contributed by atoms with van der Waals surface area (Å²) in [6.07, 6.45) is -1.30. The molecule has 0 saturated carbocycles. The number of nitrogens with one attached hydrogen (secondary N) is 1. The number of aromatic nitrogens is 4. The van der Waals surface area contributed by atoms with Gasteiger partial charge in [0, 0.05) is 35.1 Å². The molecule has 0 bridgehead atoms. The summed E-state index contributed by atoms with van der Waals surface area (Å²) in [6, 6.07) is 9.16. The standard InChI is InChI=1S/C21H14F3N5O2S/c1-12-8-17(30)18(28-29(12)15-6-2-5-14(9-15)21(22,23)24)19(31)27-20-26-16(11-32-20)13-4-3-7-25-10-13/h2-11H,1H3,(H,26,27,31). The van der Waals surface area contributed by atoms with Crippen molar-refractivity contribution in [1.29, 1.82) is 0 Å². The van der Waals surface area contributed by atoms with Crippen molar-refractivity contribution in [1.82, 2.24) is 19.7 Å². The number of rotatable bonds is 4. The number of thiazole rings is 1. The van der Waals surface area contributed by atoms with Gasteiger partial charge in [0.05, 0.1) is 16.9 Å². The van der Waals surface area contributed by atoms with Crippen LogP contribution in [-0.4, -0.2) is 25.7 Å². The second-order valence-corrected chi connectivity index (χ2v) is 7.55. The summed E-state index contributed by atoms with van der Waals surface area (Å²) < 4.78 is 40.3. The number of aryl methyl sites for hydroxylation is 1. The molecule has 3 heterocycles. The topological polar surface area (TPSA) is 89.8 Å². The van der Waals surface area contributed by atoms with Gasteiger partial charge in [-0.15, -0.1) is 11.3 Å². The Balaban J connectivity index is 1.64. The van der Waals surface area contributed by atoms with Crippen LogP contribution in [0.15, 0.2) is 65.0 Å². The molecule has 162 valence electrons. The van der Waals surface area contributed by atoms with Crippen LogP contribution in [0.25, 0.3) is 16.9 Å². The van der Waals surface area contributed by atoms with Gasteiger partial charge in [0.2, 0.25) is 5.43 Å². The lowest BCUT2D eigenvalue weighted by Crippen LogP contribution is -2.27. The molecule has 0 aliphatic rings. The van der Waals surface area contributed by atoms with Crippen molar-refractivity contribution in [2.75, 3.05) is 5.32 Å². The van der Waals surface area contributed by atoms with E-state index in [0.717, 1.165) is 39.8 Å². The summed E-state index contributed by atoms with van der Waals surface area (Å²) in [6.45, 7) is 1.51. The first kappa shape index (κ1) is 21.4. The predicted octanol–water partition coefficient (Wildman–Crippen LogP) is 4.33. The molecule has 32 heavy (non-hydrogen) atoms. The SMILES string of the molecule is Cc1cc(=O)c(C(=O)Nc2nc(-c3cccnc3)cs2)nn1-c1cccc(C(F)(F)F)c1. The van der Waals surface area contributed by atoms with E-state index in [-0.39, 0.29) is 16.5 Å². The third kappa shape index (κ3) is 4.42. The lowest BCUT2D eigenvalue weighted by molar-refractivity contribution is -0.137. The number of benzene rings is 1. The van der Waals surface area contributed by atoms with E-state index in [1.165, 1.54) is 19.1 Å². The number of hydrogen-bond acceptors (Lipinski definition) is 6. The quantitative estimate of drug-likeness (QED) is 0.493. The minimum atomic E-state index is -4.54. The molecule has 11 heteroatoms. The molecule has 1 amide bonds. The monoisotopic (exact) mass is 457 g/mol. The number of halogens is 3. The Morgan fingerprint density at radius 3 is 2.69 bits per heavy atom. The highest BCUT2D eigenvalue weighted by Gasteiger charge is 2.30. The summed E-state index contributed by atoms with van der Waals surface area (Å²) in [5.41, 5.74) is -0.301. The zero-order chi connectivity index (χ0) is 22.9. The van der Waals surface area contributed by atoms with Crippen LogP contribution in [-0.2, 0) is 6.18 Å². The summed E-state index contributed by atoms with van der Waals surface area (Å²) in [5, 5.41) is 8.49. The van der Waals surface area contributed by atoms with Crippen LogP contribution in [0.1, 0.15) is 21.7 Å². The van der Waals surface area contributed by atoms with Crippen molar-refractivity contribution in [3.8, 4) is 16.9 Å². The van der Waals surface area contributed by atoms with Gasteiger partial charge in [0.15, 0.2) is 10.8 Å². The number of carbonyl (C=O) groups is 1. The third-order valence-electron chi connectivity index (χ3n) is 4.42. The van der Waals surface area contributed by atoms with Crippen LogP contribution in [0, 0.1) is 6.92 Å². The zero-order valence-corrected chi connectivity index (χ0v) is 17.2. The maximum Gasteiger partial charge on any atom is 0.416 e. The number of amides is 1. The molecule has 0 spiro atoms. The van der Waals surface area contributed by atoms with Crippen molar-refractivity contribution in [2.24, 2.45) is 0 Å². The second kappa shape index (κ2) is 8.35. The first-order valence-electron chi connectivity index (χ1n) is 9.18. The number of carbonyl (C=O) groups excluding carboxylic acids is 1. The fraction of sp³-hybridized carbons (Fsp3) is 0.0952. The number of alkyl halides is 3. The minimum Gasteiger partial charge on any atom is -0.296 e. The molecule has 0 radical (unpaired) electrons. The molecule has 4 aromatic rings. The van der Waals surface area contributed by atoms with E-state index in [9.17, 15) is 22.8 Å². The summed E-state index contributed by atoms with van der Waals surface area (Å²) in [5.74, 6) is -0.817. The fourth-order valence-corrected chi connectivity index (χ4v) is 3.63. The van der Waals surface area contributed by atoms with Crippen molar-refractivity contribution in [2.45, 2.75) is 13.1 Å². The van der Waals surface area contributed by atoms with Gasteiger partial charge in [0.1, 0.15) is 0 Å². The van der Waals surface area contributed by atoms with E-state index in [0.29, 0.717) is 5.69 Å². The van der Waals surface area contributed by atoms with Gasteiger partial charge in [-0.05, 0) is 37.3 Å². The van der Waals surface area contributed by atoms with Gasteiger partial charge < -0.3 is 0 Å². The van der Waals surface area contributed by atoms with Gasteiger partial charge in [-0.1, -0.05) is 6.07 Å². The van der Waals surface area contributed by atoms with Crippen LogP contribution in [0.2, 0.25) is 0 Å². The Hall–Kier alpha value is -3.86. The van der Waals surface area contributed by atoms with E-state index in [2.05, 4.69) is 20.4 Å². The molecule has 0 aliphatic heterocycles. The molecule has 4 rings (SSSR count). The summed E-state index contributed by atoms with van der Waals surface area (Å²) in [4.78, 5) is 33.4. The van der Waals surface area contributed by atoms with Crippen molar-refractivity contribution in [3.63, 3.8) is 0 Å². The summed E-state index contributed by atoms with van der Waals surface area (Å²) in [7, 11) is 0. The van der Waals surface area contributed by atoms with E-state index in [4.69, 9.17) is 0 Å². The normalized spacial score (nSPS) is 11.4. The summed E-state index contributed by atoms with van der Waals surface area (Å²) >= 11 is 1.15. The van der Waals surface area contributed by atoms with E-state index in [1.54, 1.807) is 23.8 Å². The maximum atomic E-state index is 13.1. The van der Waals surface area contributed by atoms with Gasteiger partial charge >= 0.3 is 6.18 Å². The van der Waals surface area contributed by atoms with E-state index in [1.807, 2.05) is 6.07 Å². The largest absolute Gasteiger partial charge is 0.416 e. The Bertz CT molecular complexity index is 1350. The minimum absolute atomic E-state index is 0.0690. The molecule has 0 unspecified atom stereocenters. The van der Waals surface area contributed by atoms with Crippen molar-refractivity contribution in [3.05, 3.63) is 87.4 Å². The number of hydrogen-bond donors (Lipinski definition) is 1. The van der Waals surface area contributed by atoms with Crippen molar-refractivity contribution < 1.29 is 18.0 Å². The lowest BCUT2D eigenvalue weighted by atomic mass is 10.2. The fourth-order valence-electron chi connectivity index (χ4n) is 2.91. The van der Waals surface area contributed by atoms with E-state index >= 15 is 0 Å². The Labute approximate surface area is 183 Å². The zero-order valence-electron chi connectivity index (χ0n) is 16.4. The highest BCUT2D eigenvalue weighted by molar-refractivity contribution is 7.14. The molecular formula is C21H14F3N5O2S. The Morgan fingerprint density at radius 2 is 1.97 bits per heavy atom. The molecule has 0 atom stereocenters. The average Bonchev–Trinajstić information content (AvgIpc) is 3.22. The maximum absolute atomic E-state index is 13.1. The third-order valence-corrected chi connectivity index (χ3v) is 5.18. The van der Waals surface area contributed by atoms with Gasteiger partial charge in [-0.25, -0.2) is 9.67 Å². The van der Waals surface area contributed by atoms with Crippen LogP contribution < -0.4 is 10.7 Å². The predicted molar refractivity (Wildman–Crippen MR) is 113 cm³/mol. The van der Waals surface area contributed by atoms with Crippen LogP contribution in [0.4, 0.5) is 18.3 Å². The number of nitrogens with zero attached hydrogens (tertiary/aromatic N) is 4. The average molecular weight is 457 g/mol. The molecule has 1 aromatic carbocycles. The molecule has 3 aromatic heterocycles. The van der Waals surface area contributed by atoms with Gasteiger partial charge in [0.25, 0.3) is 5.91 Å². The van der Waals surface area contributed by atoms with E-state index < -0.39 is 28.8 Å². The molecule has 7 nitrogen and oxygen atoms in total. The van der Waals surface area contributed by atoms with Crippen LogP contribution in [0.3, 0.4) is 0 Å². The van der Waals surface area contributed by atoms with Gasteiger partial charge in [-0.3, -0.25) is 19.9 Å². The Kier molecular flexibility index (Phi) is 5.57. The van der Waals surface area contributed by atoms with Crippen LogP contribution >= 0.6 is 11.3 Å². The Morgan fingerprint density at radius 1 is 1.16 bits per heavy atom. The molecule has 0 aliphatic carbocycles. The first-order chi connectivity index (χ1) is 15.2. The first-order valence-corrected chi connectivity index (χ1v) is 10.1.